The normalized spacial score (nSPS) is 10.5. The van der Waals surface area contributed by atoms with E-state index >= 15 is 0 Å². The first-order valence-corrected chi connectivity index (χ1v) is 10.7. The quantitative estimate of drug-likeness (QED) is 0.237. The molecule has 2 amide bonds. The van der Waals surface area contributed by atoms with Crippen LogP contribution in [0, 0.1) is 5.82 Å². The van der Waals surface area contributed by atoms with Gasteiger partial charge in [-0.1, -0.05) is 24.3 Å². The maximum absolute atomic E-state index is 13.4. The number of rotatable bonds is 8. The molecule has 9 nitrogen and oxygen atoms in total. The summed E-state index contributed by atoms with van der Waals surface area (Å²) < 4.78 is 20.5. The summed E-state index contributed by atoms with van der Waals surface area (Å²) in [5.74, 6) is -1.19. The first-order valence-electron chi connectivity index (χ1n) is 10.7. The van der Waals surface area contributed by atoms with E-state index in [2.05, 4.69) is 15.6 Å². The molecule has 0 aliphatic rings. The summed E-state index contributed by atoms with van der Waals surface area (Å²) in [6.45, 7) is 0. The van der Waals surface area contributed by atoms with Crippen molar-refractivity contribution in [1.29, 1.82) is 0 Å². The second-order valence-corrected chi connectivity index (χ2v) is 7.70. The molecular formula is C26H21FN4O5. The molecule has 36 heavy (non-hydrogen) atoms. The van der Waals surface area contributed by atoms with Crippen LogP contribution >= 0.6 is 0 Å². The number of methoxy groups -OCH3 is 1. The monoisotopic (exact) mass is 488 g/mol. The van der Waals surface area contributed by atoms with Gasteiger partial charge in [-0.2, -0.15) is 0 Å². The summed E-state index contributed by atoms with van der Waals surface area (Å²) in [6, 6.07) is 15.3. The van der Waals surface area contributed by atoms with E-state index in [1.165, 1.54) is 43.5 Å². The lowest BCUT2D eigenvalue weighted by Crippen LogP contribution is -2.19. The number of ether oxygens (including phenoxy) is 1. The second kappa shape index (κ2) is 10.5. The number of hydrogen-bond acceptors (Lipinski definition) is 5. The molecule has 10 heteroatoms. The number of carboxylic acid groups (broad SMARTS) is 1. The van der Waals surface area contributed by atoms with E-state index in [4.69, 9.17) is 4.74 Å². The average Bonchev–Trinajstić information content (AvgIpc) is 3.40. The highest BCUT2D eigenvalue weighted by atomic mass is 19.1. The highest BCUT2D eigenvalue weighted by Crippen LogP contribution is 2.38. The molecule has 1 aromatic heterocycles. The van der Waals surface area contributed by atoms with E-state index in [0.29, 0.717) is 28.1 Å². The van der Waals surface area contributed by atoms with Crippen molar-refractivity contribution >= 4 is 29.2 Å². The summed E-state index contributed by atoms with van der Waals surface area (Å²) in [5.41, 5.74) is 2.28. The molecule has 0 atom stereocenters. The van der Waals surface area contributed by atoms with Crippen LogP contribution in [0.1, 0.15) is 16.8 Å². The van der Waals surface area contributed by atoms with Crippen LogP contribution in [0.15, 0.2) is 79.4 Å². The van der Waals surface area contributed by atoms with Crippen LogP contribution in [-0.4, -0.2) is 39.6 Å². The van der Waals surface area contributed by atoms with Crippen LogP contribution < -0.4 is 15.4 Å². The van der Waals surface area contributed by atoms with Crippen molar-refractivity contribution in [2.45, 2.75) is 6.42 Å². The summed E-state index contributed by atoms with van der Waals surface area (Å²) in [7, 11) is 1.40. The van der Waals surface area contributed by atoms with Crippen LogP contribution in [0.3, 0.4) is 0 Å². The van der Waals surface area contributed by atoms with Crippen molar-refractivity contribution < 1.29 is 28.6 Å². The molecule has 0 unspecified atom stereocenters. The van der Waals surface area contributed by atoms with Gasteiger partial charge in [-0.3, -0.25) is 14.9 Å². The molecule has 0 spiro atoms. The fourth-order valence-electron chi connectivity index (χ4n) is 3.62. The van der Waals surface area contributed by atoms with Crippen LogP contribution in [-0.2, 0) is 4.79 Å². The number of halogens is 1. The minimum atomic E-state index is -1.35. The highest BCUT2D eigenvalue weighted by Gasteiger charge is 2.18. The standard InChI is InChI=1S/C26H21FN4O5/c1-36-24-13-22(30-26(34)35)21(12-20(24)16-5-7-18(27)8-6-16)29-25(33)14-23(32)17-3-2-4-19(11-17)31-10-9-28-15-31/h2-13,15,30H,14H2,1H3,(H,29,33)(H,34,35). The third-order valence-corrected chi connectivity index (χ3v) is 5.30. The van der Waals surface area contributed by atoms with Gasteiger partial charge in [0, 0.05) is 35.3 Å². The zero-order valence-corrected chi connectivity index (χ0v) is 19.1. The first-order chi connectivity index (χ1) is 17.3. The van der Waals surface area contributed by atoms with Crippen molar-refractivity contribution in [2.24, 2.45) is 0 Å². The molecule has 0 fully saturated rings. The number of nitrogens with zero attached hydrogens (tertiary/aromatic N) is 2. The minimum absolute atomic E-state index is 0.0492. The van der Waals surface area contributed by atoms with E-state index < -0.39 is 30.0 Å². The Kier molecular flexibility index (Phi) is 7.05. The van der Waals surface area contributed by atoms with Gasteiger partial charge in [0.25, 0.3) is 0 Å². The Morgan fingerprint density at radius 2 is 1.78 bits per heavy atom. The lowest BCUT2D eigenvalue weighted by molar-refractivity contribution is -0.115. The number of benzene rings is 3. The number of nitrogens with one attached hydrogen (secondary N) is 2. The molecule has 4 aromatic rings. The molecular weight excluding hydrogens is 467 g/mol. The Morgan fingerprint density at radius 1 is 1.03 bits per heavy atom. The number of Topliss-reactive ketones (excluding diaryl/α,β-unsaturated/α-hetero) is 1. The third kappa shape index (κ3) is 5.55. The van der Waals surface area contributed by atoms with Gasteiger partial charge in [0.15, 0.2) is 5.78 Å². The number of carbonyl (C=O) groups excluding carboxylic acids is 2. The molecule has 0 saturated heterocycles. The highest BCUT2D eigenvalue weighted by molar-refractivity contribution is 6.12. The lowest BCUT2D eigenvalue weighted by atomic mass is 10.0. The minimum Gasteiger partial charge on any atom is -0.496 e. The maximum Gasteiger partial charge on any atom is 0.409 e. The van der Waals surface area contributed by atoms with Crippen molar-refractivity contribution in [2.75, 3.05) is 17.7 Å². The van der Waals surface area contributed by atoms with Crippen molar-refractivity contribution in [3.8, 4) is 22.6 Å². The molecule has 0 bridgehead atoms. The Hall–Kier alpha value is -4.99. The SMILES string of the molecule is COc1cc(NC(=O)O)c(NC(=O)CC(=O)c2cccc(-n3ccnc3)c2)cc1-c1ccc(F)cc1. The van der Waals surface area contributed by atoms with E-state index in [0.717, 1.165) is 0 Å². The van der Waals surface area contributed by atoms with Gasteiger partial charge in [0.05, 0.1) is 31.2 Å². The van der Waals surface area contributed by atoms with Crippen LogP contribution in [0.4, 0.5) is 20.6 Å². The molecule has 4 rings (SSSR count). The topological polar surface area (TPSA) is 123 Å². The zero-order chi connectivity index (χ0) is 25.7. The van der Waals surface area contributed by atoms with E-state index in [-0.39, 0.29) is 11.4 Å². The van der Waals surface area contributed by atoms with E-state index in [1.54, 1.807) is 47.6 Å². The van der Waals surface area contributed by atoms with Gasteiger partial charge < -0.3 is 19.7 Å². The van der Waals surface area contributed by atoms with Crippen molar-refractivity contribution in [1.82, 2.24) is 9.55 Å². The average molecular weight is 488 g/mol. The number of ketones is 1. The number of amides is 2. The van der Waals surface area contributed by atoms with Gasteiger partial charge in [-0.25, -0.2) is 14.2 Å². The Labute approximate surface area is 205 Å². The fourth-order valence-corrected chi connectivity index (χ4v) is 3.62. The summed E-state index contributed by atoms with van der Waals surface area (Å²) in [5, 5.41) is 14.1. The lowest BCUT2D eigenvalue weighted by Gasteiger charge is -2.16. The predicted molar refractivity (Wildman–Crippen MR) is 131 cm³/mol. The van der Waals surface area contributed by atoms with Crippen LogP contribution in [0.5, 0.6) is 5.75 Å². The number of imidazole rings is 1. The molecule has 3 aromatic carbocycles. The third-order valence-electron chi connectivity index (χ3n) is 5.30. The summed E-state index contributed by atoms with van der Waals surface area (Å²) in [4.78, 5) is 40.9. The molecule has 0 aliphatic carbocycles. The smallest absolute Gasteiger partial charge is 0.409 e. The second-order valence-electron chi connectivity index (χ2n) is 7.70. The maximum atomic E-state index is 13.4. The van der Waals surface area contributed by atoms with E-state index in [9.17, 15) is 23.9 Å². The molecule has 0 radical (unpaired) electrons. The van der Waals surface area contributed by atoms with Crippen LogP contribution in [0.2, 0.25) is 0 Å². The number of carbonyl (C=O) groups is 3. The van der Waals surface area contributed by atoms with E-state index in [1.807, 2.05) is 0 Å². The van der Waals surface area contributed by atoms with Crippen molar-refractivity contribution in [3.05, 3.63) is 90.8 Å². The molecule has 1 heterocycles. The first kappa shape index (κ1) is 24.1. The fraction of sp³-hybridized carbons (Fsp3) is 0.0769. The van der Waals surface area contributed by atoms with Gasteiger partial charge in [-0.15, -0.1) is 0 Å². The number of anilines is 2. The molecule has 182 valence electrons. The van der Waals surface area contributed by atoms with Crippen molar-refractivity contribution in [3.63, 3.8) is 0 Å². The Morgan fingerprint density at radius 3 is 2.44 bits per heavy atom. The Bertz CT molecular complexity index is 1420. The zero-order valence-electron chi connectivity index (χ0n) is 19.1. The van der Waals surface area contributed by atoms with Gasteiger partial charge in [0.1, 0.15) is 11.6 Å². The Balaban J connectivity index is 1.59. The van der Waals surface area contributed by atoms with Gasteiger partial charge in [-0.05, 0) is 35.9 Å². The van der Waals surface area contributed by atoms with Crippen LogP contribution in [0.25, 0.3) is 16.8 Å². The number of aromatic nitrogens is 2. The van der Waals surface area contributed by atoms with Gasteiger partial charge >= 0.3 is 6.09 Å². The molecule has 0 saturated carbocycles. The summed E-state index contributed by atoms with van der Waals surface area (Å²) >= 11 is 0. The van der Waals surface area contributed by atoms with Gasteiger partial charge in [0.2, 0.25) is 5.91 Å². The molecule has 0 aliphatic heterocycles. The number of hydrogen-bond donors (Lipinski definition) is 3. The largest absolute Gasteiger partial charge is 0.496 e. The summed E-state index contributed by atoms with van der Waals surface area (Å²) in [6.07, 6.45) is 3.11. The predicted octanol–water partition coefficient (Wildman–Crippen LogP) is 4.99. The molecule has 3 N–H and O–H groups in total.